The highest BCUT2D eigenvalue weighted by Gasteiger charge is 2.09. The highest BCUT2D eigenvalue weighted by Crippen LogP contribution is 2.29. The molecule has 0 spiro atoms. The summed E-state index contributed by atoms with van der Waals surface area (Å²) in [7, 11) is 0. The van der Waals surface area contributed by atoms with Gasteiger partial charge >= 0.3 is 0 Å². The molecule has 0 aliphatic rings. The molecule has 0 fully saturated rings. The number of hydrogen-bond acceptors (Lipinski definition) is 2. The van der Waals surface area contributed by atoms with Gasteiger partial charge in [0, 0.05) is 4.47 Å². The third kappa shape index (κ3) is 3.55. The van der Waals surface area contributed by atoms with Gasteiger partial charge in [0.15, 0.2) is 6.61 Å². The third-order valence-electron chi connectivity index (χ3n) is 1.96. The van der Waals surface area contributed by atoms with E-state index in [0.29, 0.717) is 11.7 Å². The molecule has 2 N–H and O–H groups in total. The van der Waals surface area contributed by atoms with Gasteiger partial charge in [-0.05, 0) is 29.7 Å². The fourth-order valence-corrected chi connectivity index (χ4v) is 1.63. The number of nitrogens with two attached hydrogens (primary N) is 1. The summed E-state index contributed by atoms with van der Waals surface area (Å²) in [6.07, 6.45) is 0. The van der Waals surface area contributed by atoms with Gasteiger partial charge in [0.25, 0.3) is 5.91 Å². The van der Waals surface area contributed by atoms with E-state index in [1.54, 1.807) is 0 Å². The van der Waals surface area contributed by atoms with Crippen LogP contribution in [0, 0.1) is 0 Å². The van der Waals surface area contributed by atoms with Crippen molar-refractivity contribution in [1.29, 1.82) is 0 Å². The van der Waals surface area contributed by atoms with Gasteiger partial charge in [-0.15, -0.1) is 0 Å². The third-order valence-corrected chi connectivity index (χ3v) is 2.46. The van der Waals surface area contributed by atoms with Crippen LogP contribution < -0.4 is 10.5 Å². The number of carbonyl (C=O) groups excluding carboxylic acids is 1. The van der Waals surface area contributed by atoms with Gasteiger partial charge in [0.2, 0.25) is 0 Å². The van der Waals surface area contributed by atoms with Crippen molar-refractivity contribution in [3.63, 3.8) is 0 Å². The first kappa shape index (κ1) is 12.0. The van der Waals surface area contributed by atoms with Crippen LogP contribution in [0.25, 0.3) is 0 Å². The second-order valence-electron chi connectivity index (χ2n) is 3.59. The Morgan fingerprint density at radius 3 is 2.73 bits per heavy atom. The normalized spacial score (nSPS) is 10.4. The molecule has 1 rings (SSSR count). The lowest BCUT2D eigenvalue weighted by molar-refractivity contribution is -0.119. The van der Waals surface area contributed by atoms with E-state index in [9.17, 15) is 4.79 Å². The molecule has 3 nitrogen and oxygen atoms in total. The molecule has 0 heterocycles. The quantitative estimate of drug-likeness (QED) is 0.915. The Morgan fingerprint density at radius 2 is 2.20 bits per heavy atom. The molecular weight excluding hydrogens is 258 g/mol. The van der Waals surface area contributed by atoms with Crippen LogP contribution in [0.5, 0.6) is 5.75 Å². The van der Waals surface area contributed by atoms with Gasteiger partial charge in [-0.3, -0.25) is 4.79 Å². The molecule has 0 atom stereocenters. The highest BCUT2D eigenvalue weighted by molar-refractivity contribution is 9.10. The molecule has 0 aliphatic heterocycles. The number of rotatable bonds is 4. The molecule has 4 heteroatoms. The maximum absolute atomic E-state index is 10.6. The second kappa shape index (κ2) is 5.16. The van der Waals surface area contributed by atoms with Gasteiger partial charge in [-0.1, -0.05) is 29.8 Å². The predicted molar refractivity (Wildman–Crippen MR) is 62.9 cm³/mol. The van der Waals surface area contributed by atoms with Crippen molar-refractivity contribution < 1.29 is 9.53 Å². The van der Waals surface area contributed by atoms with Crippen molar-refractivity contribution in [2.45, 2.75) is 19.8 Å². The van der Waals surface area contributed by atoms with Crippen LogP contribution in [-0.2, 0) is 4.79 Å². The van der Waals surface area contributed by atoms with Crippen LogP contribution in [0.2, 0.25) is 0 Å². The summed E-state index contributed by atoms with van der Waals surface area (Å²) in [5, 5.41) is 0. The Morgan fingerprint density at radius 1 is 1.53 bits per heavy atom. The van der Waals surface area contributed by atoms with E-state index in [4.69, 9.17) is 10.5 Å². The SMILES string of the molecule is CC(C)c1cc(Br)ccc1OCC(N)=O. The zero-order valence-corrected chi connectivity index (χ0v) is 10.4. The Balaban J connectivity index is 2.90. The van der Waals surface area contributed by atoms with Crippen LogP contribution in [0.1, 0.15) is 25.3 Å². The van der Waals surface area contributed by atoms with E-state index in [1.807, 2.05) is 18.2 Å². The summed E-state index contributed by atoms with van der Waals surface area (Å²) in [5.74, 6) is 0.588. The summed E-state index contributed by atoms with van der Waals surface area (Å²) < 4.78 is 6.32. The van der Waals surface area contributed by atoms with Crippen molar-refractivity contribution in [2.75, 3.05) is 6.61 Å². The Labute approximate surface area is 97.7 Å². The second-order valence-corrected chi connectivity index (χ2v) is 4.51. The number of carbonyl (C=O) groups is 1. The molecular formula is C11H14BrNO2. The van der Waals surface area contributed by atoms with E-state index in [1.165, 1.54) is 0 Å². The van der Waals surface area contributed by atoms with Crippen molar-refractivity contribution in [1.82, 2.24) is 0 Å². The largest absolute Gasteiger partial charge is 0.483 e. The molecule has 82 valence electrons. The average Bonchev–Trinajstić information content (AvgIpc) is 2.15. The van der Waals surface area contributed by atoms with E-state index in [-0.39, 0.29) is 6.61 Å². The molecule has 0 aliphatic carbocycles. The van der Waals surface area contributed by atoms with Crippen LogP contribution in [-0.4, -0.2) is 12.5 Å². The fourth-order valence-electron chi connectivity index (χ4n) is 1.25. The first-order chi connectivity index (χ1) is 7.00. The Bertz CT molecular complexity index is 364. The van der Waals surface area contributed by atoms with Gasteiger partial charge < -0.3 is 10.5 Å². The lowest BCUT2D eigenvalue weighted by atomic mass is 10.0. The maximum Gasteiger partial charge on any atom is 0.255 e. The van der Waals surface area contributed by atoms with Gasteiger partial charge in [0.1, 0.15) is 5.75 Å². The molecule has 0 radical (unpaired) electrons. The minimum atomic E-state index is -0.465. The minimum absolute atomic E-state index is 0.0820. The zero-order chi connectivity index (χ0) is 11.4. The Kier molecular flexibility index (Phi) is 4.15. The summed E-state index contributed by atoms with van der Waals surface area (Å²) in [6.45, 7) is 4.05. The molecule has 0 aromatic heterocycles. The first-order valence-corrected chi connectivity index (χ1v) is 5.50. The lowest BCUT2D eigenvalue weighted by Crippen LogP contribution is -2.20. The maximum atomic E-state index is 10.6. The first-order valence-electron chi connectivity index (χ1n) is 4.71. The van der Waals surface area contributed by atoms with Crippen molar-refractivity contribution in [3.05, 3.63) is 28.2 Å². The highest BCUT2D eigenvalue weighted by atomic mass is 79.9. The van der Waals surface area contributed by atoms with E-state index >= 15 is 0 Å². The smallest absolute Gasteiger partial charge is 0.255 e. The molecule has 1 aromatic rings. The standard InChI is InChI=1S/C11H14BrNO2/c1-7(2)9-5-8(12)3-4-10(9)15-6-11(13)14/h3-5,7H,6H2,1-2H3,(H2,13,14). The van der Waals surface area contributed by atoms with Crippen LogP contribution in [0.3, 0.4) is 0 Å². The van der Waals surface area contributed by atoms with Gasteiger partial charge in [-0.25, -0.2) is 0 Å². The lowest BCUT2D eigenvalue weighted by Gasteiger charge is -2.13. The zero-order valence-electron chi connectivity index (χ0n) is 8.79. The fraction of sp³-hybridized carbons (Fsp3) is 0.364. The number of benzene rings is 1. The van der Waals surface area contributed by atoms with Crippen molar-refractivity contribution >= 4 is 21.8 Å². The minimum Gasteiger partial charge on any atom is -0.483 e. The average molecular weight is 272 g/mol. The van der Waals surface area contributed by atoms with E-state index in [2.05, 4.69) is 29.8 Å². The van der Waals surface area contributed by atoms with Gasteiger partial charge in [0.05, 0.1) is 0 Å². The molecule has 1 aromatic carbocycles. The number of halogens is 1. The van der Waals surface area contributed by atoms with Crippen molar-refractivity contribution in [3.8, 4) is 5.75 Å². The Hall–Kier alpha value is -1.03. The summed E-state index contributed by atoms with van der Waals surface area (Å²) in [5.41, 5.74) is 6.08. The summed E-state index contributed by atoms with van der Waals surface area (Å²) >= 11 is 3.40. The van der Waals surface area contributed by atoms with Crippen molar-refractivity contribution in [2.24, 2.45) is 5.73 Å². The summed E-state index contributed by atoms with van der Waals surface area (Å²) in [6, 6.07) is 5.70. The van der Waals surface area contributed by atoms with E-state index < -0.39 is 5.91 Å². The predicted octanol–water partition coefficient (Wildman–Crippen LogP) is 2.44. The molecule has 0 saturated carbocycles. The number of ether oxygens (including phenoxy) is 1. The van der Waals surface area contributed by atoms with Crippen LogP contribution in [0.4, 0.5) is 0 Å². The monoisotopic (exact) mass is 271 g/mol. The van der Waals surface area contributed by atoms with Crippen LogP contribution >= 0.6 is 15.9 Å². The number of hydrogen-bond donors (Lipinski definition) is 1. The van der Waals surface area contributed by atoms with E-state index in [0.717, 1.165) is 10.0 Å². The molecule has 0 saturated heterocycles. The van der Waals surface area contributed by atoms with Gasteiger partial charge in [-0.2, -0.15) is 0 Å². The summed E-state index contributed by atoms with van der Waals surface area (Å²) in [4.78, 5) is 10.6. The molecule has 15 heavy (non-hydrogen) atoms. The topological polar surface area (TPSA) is 52.3 Å². The molecule has 1 amide bonds. The van der Waals surface area contributed by atoms with Crippen LogP contribution in [0.15, 0.2) is 22.7 Å². The number of primary amides is 1. The molecule has 0 unspecified atom stereocenters. The molecule has 0 bridgehead atoms. The number of amides is 1.